The molecule has 2 nitrogen and oxygen atoms in total. The van der Waals surface area contributed by atoms with Crippen LogP contribution in [0.15, 0.2) is 11.4 Å². The number of aryl methyl sites for hydroxylation is 1. The van der Waals surface area contributed by atoms with Crippen LogP contribution in [0, 0.1) is 11.8 Å². The number of aromatic nitrogens is 2. The lowest BCUT2D eigenvalue weighted by Crippen LogP contribution is -2.08. The molecule has 0 aromatic carbocycles. The van der Waals surface area contributed by atoms with E-state index in [0.717, 1.165) is 17.6 Å². The monoisotopic (exact) mass is 306 g/mol. The molecule has 0 fully saturated rings. The molecule has 0 bridgehead atoms. The van der Waals surface area contributed by atoms with E-state index in [1.807, 2.05) is 23.1 Å². The summed E-state index contributed by atoms with van der Waals surface area (Å²) in [5.41, 5.74) is 1.55. The molecule has 0 unspecified atom stereocenters. The average molecular weight is 307 g/mol. The van der Waals surface area contributed by atoms with Crippen LogP contribution in [0.25, 0.3) is 10.2 Å². The summed E-state index contributed by atoms with van der Waals surface area (Å²) in [5.74, 6) is 2.74. The van der Waals surface area contributed by atoms with Gasteiger partial charge < -0.3 is 0 Å². The number of nitrogens with zero attached hydrogens (tertiary/aromatic N) is 2. The molecule has 0 saturated carbocycles. The lowest BCUT2D eigenvalue weighted by molar-refractivity contribution is 0.509. The SMILES string of the molecule is CC(C)CCSc1ncnc2sc3c(c12)CC[C@@H](C)C3. The fourth-order valence-electron chi connectivity index (χ4n) is 2.75. The van der Waals surface area contributed by atoms with Crippen molar-refractivity contribution in [3.05, 3.63) is 16.8 Å². The summed E-state index contributed by atoms with van der Waals surface area (Å²) in [6.45, 7) is 6.92. The molecule has 2 aromatic rings. The van der Waals surface area contributed by atoms with Crippen molar-refractivity contribution in [1.29, 1.82) is 0 Å². The number of hydrogen-bond donors (Lipinski definition) is 0. The predicted molar refractivity (Wildman–Crippen MR) is 88.8 cm³/mol. The number of thiophene rings is 1. The highest BCUT2D eigenvalue weighted by atomic mass is 32.2. The molecule has 4 heteroatoms. The molecule has 1 aliphatic carbocycles. The largest absolute Gasteiger partial charge is 0.229 e. The van der Waals surface area contributed by atoms with Crippen molar-refractivity contribution in [3.63, 3.8) is 0 Å². The van der Waals surface area contributed by atoms with Crippen molar-refractivity contribution >= 4 is 33.3 Å². The molecule has 2 heterocycles. The average Bonchev–Trinajstić information content (AvgIpc) is 2.76. The topological polar surface area (TPSA) is 25.8 Å². The number of thioether (sulfide) groups is 1. The Morgan fingerprint density at radius 3 is 3.05 bits per heavy atom. The molecule has 108 valence electrons. The molecule has 0 saturated heterocycles. The fraction of sp³-hybridized carbons (Fsp3) is 0.625. The van der Waals surface area contributed by atoms with Crippen molar-refractivity contribution in [3.8, 4) is 0 Å². The van der Waals surface area contributed by atoms with Crippen LogP contribution in [0.1, 0.15) is 44.1 Å². The van der Waals surface area contributed by atoms with Gasteiger partial charge in [-0.1, -0.05) is 20.8 Å². The molecule has 0 radical (unpaired) electrons. The zero-order chi connectivity index (χ0) is 14.1. The third-order valence-electron chi connectivity index (χ3n) is 3.99. The molecule has 20 heavy (non-hydrogen) atoms. The van der Waals surface area contributed by atoms with Gasteiger partial charge in [-0.2, -0.15) is 0 Å². The molecule has 2 aromatic heterocycles. The minimum absolute atomic E-state index is 0.761. The summed E-state index contributed by atoms with van der Waals surface area (Å²) in [6, 6.07) is 0. The molecule has 1 aliphatic rings. The highest BCUT2D eigenvalue weighted by Crippen LogP contribution is 2.40. The standard InChI is InChI=1S/C16H22N2S2/c1-10(2)6-7-19-15-14-12-5-4-11(3)8-13(12)20-16(14)18-9-17-15/h9-11H,4-8H2,1-3H3/t11-/m1/s1. The quantitative estimate of drug-likeness (QED) is 0.590. The second kappa shape index (κ2) is 6.02. The van der Waals surface area contributed by atoms with Gasteiger partial charge in [0.25, 0.3) is 0 Å². The highest BCUT2D eigenvalue weighted by molar-refractivity contribution is 7.99. The van der Waals surface area contributed by atoms with Gasteiger partial charge in [-0.25, -0.2) is 9.97 Å². The van der Waals surface area contributed by atoms with Crippen molar-refractivity contribution in [2.45, 2.75) is 51.5 Å². The minimum Gasteiger partial charge on any atom is -0.229 e. The van der Waals surface area contributed by atoms with Crippen LogP contribution in [0.2, 0.25) is 0 Å². The van der Waals surface area contributed by atoms with Gasteiger partial charge in [0.05, 0.1) is 0 Å². The second-order valence-electron chi connectivity index (χ2n) is 6.24. The van der Waals surface area contributed by atoms with Crippen LogP contribution in [0.4, 0.5) is 0 Å². The van der Waals surface area contributed by atoms with Crippen molar-refractivity contribution in [2.24, 2.45) is 11.8 Å². The Balaban J connectivity index is 1.92. The zero-order valence-electron chi connectivity index (χ0n) is 12.5. The molecule has 0 spiro atoms. The first-order valence-electron chi connectivity index (χ1n) is 7.53. The van der Waals surface area contributed by atoms with Crippen LogP contribution in [-0.4, -0.2) is 15.7 Å². The Morgan fingerprint density at radius 2 is 2.25 bits per heavy atom. The first-order chi connectivity index (χ1) is 9.65. The normalized spacial score (nSPS) is 18.7. The van der Waals surface area contributed by atoms with E-state index in [1.165, 1.54) is 40.9 Å². The van der Waals surface area contributed by atoms with E-state index in [2.05, 4.69) is 30.7 Å². The Kier molecular flexibility index (Phi) is 4.32. The number of fused-ring (bicyclic) bond motifs is 3. The summed E-state index contributed by atoms with van der Waals surface area (Å²) >= 11 is 3.80. The van der Waals surface area contributed by atoms with E-state index in [1.54, 1.807) is 16.8 Å². The van der Waals surface area contributed by atoms with Crippen molar-refractivity contribution < 1.29 is 0 Å². The van der Waals surface area contributed by atoms with Crippen LogP contribution in [0.5, 0.6) is 0 Å². The van der Waals surface area contributed by atoms with Gasteiger partial charge >= 0.3 is 0 Å². The lowest BCUT2D eigenvalue weighted by atomic mass is 9.89. The van der Waals surface area contributed by atoms with Crippen LogP contribution < -0.4 is 0 Å². The molecule has 0 aliphatic heterocycles. The van der Waals surface area contributed by atoms with Crippen LogP contribution in [-0.2, 0) is 12.8 Å². The zero-order valence-corrected chi connectivity index (χ0v) is 14.1. The first kappa shape index (κ1) is 14.3. The van der Waals surface area contributed by atoms with Gasteiger partial charge in [0, 0.05) is 10.3 Å². The summed E-state index contributed by atoms with van der Waals surface area (Å²) in [7, 11) is 0. The summed E-state index contributed by atoms with van der Waals surface area (Å²) in [5, 5.41) is 2.58. The molecule has 3 rings (SSSR count). The van der Waals surface area contributed by atoms with E-state index in [9.17, 15) is 0 Å². The van der Waals surface area contributed by atoms with Gasteiger partial charge in [-0.3, -0.25) is 0 Å². The third-order valence-corrected chi connectivity index (χ3v) is 6.18. The second-order valence-corrected chi connectivity index (χ2v) is 8.41. The van der Waals surface area contributed by atoms with E-state index < -0.39 is 0 Å². The van der Waals surface area contributed by atoms with Gasteiger partial charge in [0.15, 0.2) is 0 Å². The fourth-order valence-corrected chi connectivity index (χ4v) is 5.43. The van der Waals surface area contributed by atoms with E-state index in [-0.39, 0.29) is 0 Å². The van der Waals surface area contributed by atoms with E-state index >= 15 is 0 Å². The Labute approximate surface area is 129 Å². The maximum absolute atomic E-state index is 4.56. The minimum atomic E-state index is 0.761. The van der Waals surface area contributed by atoms with Gasteiger partial charge in [0.1, 0.15) is 16.2 Å². The van der Waals surface area contributed by atoms with Gasteiger partial charge in [-0.15, -0.1) is 23.1 Å². The Morgan fingerprint density at radius 1 is 1.40 bits per heavy atom. The van der Waals surface area contributed by atoms with Crippen LogP contribution in [0.3, 0.4) is 0 Å². The summed E-state index contributed by atoms with van der Waals surface area (Å²) < 4.78 is 0. The van der Waals surface area contributed by atoms with E-state index in [4.69, 9.17) is 0 Å². The van der Waals surface area contributed by atoms with Gasteiger partial charge in [-0.05, 0) is 48.8 Å². The molecule has 0 N–H and O–H groups in total. The summed E-state index contributed by atoms with van der Waals surface area (Å²) in [6.07, 6.45) is 6.74. The maximum atomic E-state index is 4.56. The number of hydrogen-bond acceptors (Lipinski definition) is 4. The molecule has 0 amide bonds. The van der Waals surface area contributed by atoms with Crippen molar-refractivity contribution in [1.82, 2.24) is 9.97 Å². The maximum Gasteiger partial charge on any atom is 0.128 e. The highest BCUT2D eigenvalue weighted by Gasteiger charge is 2.22. The van der Waals surface area contributed by atoms with E-state index in [0.29, 0.717) is 0 Å². The smallest absolute Gasteiger partial charge is 0.128 e. The molecule has 1 atom stereocenters. The van der Waals surface area contributed by atoms with Gasteiger partial charge in [0.2, 0.25) is 0 Å². The Bertz CT molecular complexity index is 604. The Hall–Kier alpha value is -0.610. The lowest BCUT2D eigenvalue weighted by Gasteiger charge is -2.18. The molecular formula is C16H22N2S2. The summed E-state index contributed by atoms with van der Waals surface area (Å²) in [4.78, 5) is 11.8. The molecular weight excluding hydrogens is 284 g/mol. The number of rotatable bonds is 4. The third kappa shape index (κ3) is 2.86. The predicted octanol–water partition coefficient (Wildman–Crippen LogP) is 4.95. The van der Waals surface area contributed by atoms with Crippen LogP contribution >= 0.6 is 23.1 Å². The van der Waals surface area contributed by atoms with Crippen molar-refractivity contribution in [2.75, 3.05) is 5.75 Å². The first-order valence-corrected chi connectivity index (χ1v) is 9.33.